The number of para-hydroxylation sites is 1. The standard InChI is InChI=1S/C35H36BrN3O5/c1-23(6-4-10-32(41)37-19-5-8-28(37)22-40)35(44)29-20-26(36)14-17-31(29)38(34(35)43)21-24-11-15-27(16-12-24)39-30-9-3-2-7-25(30)13-18-33(39)42/h2-4,6-7,9,11-12,14-17,20,23,28,40,44H,5,8,10,13,18-19,21-22H2,1H3/b6-4+/t23-,28-,35+/m0/s1. The first kappa shape index (κ1) is 30.2. The van der Waals surface area contributed by atoms with Crippen LogP contribution in [0.3, 0.4) is 0 Å². The van der Waals surface area contributed by atoms with Gasteiger partial charge in [-0.25, -0.2) is 0 Å². The van der Waals surface area contributed by atoms with Crippen LogP contribution in [0.4, 0.5) is 17.1 Å². The highest BCUT2D eigenvalue weighted by atomic mass is 79.9. The quantitative estimate of drug-likeness (QED) is 0.318. The molecular formula is C35H36BrN3O5. The van der Waals surface area contributed by atoms with Crippen LogP contribution < -0.4 is 9.80 Å². The number of likely N-dealkylation sites (tertiary alicyclic amines) is 1. The smallest absolute Gasteiger partial charge is 0.264 e. The van der Waals surface area contributed by atoms with E-state index in [1.807, 2.05) is 60.7 Å². The van der Waals surface area contributed by atoms with E-state index in [1.54, 1.807) is 39.8 Å². The van der Waals surface area contributed by atoms with Gasteiger partial charge < -0.3 is 20.0 Å². The molecule has 3 amide bonds. The first-order valence-electron chi connectivity index (χ1n) is 15.1. The lowest BCUT2D eigenvalue weighted by molar-refractivity contribution is -0.139. The molecule has 1 saturated heterocycles. The molecular weight excluding hydrogens is 622 g/mol. The third-order valence-electron chi connectivity index (χ3n) is 9.14. The maximum absolute atomic E-state index is 14.0. The van der Waals surface area contributed by atoms with E-state index in [0.29, 0.717) is 24.2 Å². The Kier molecular flexibility index (Phi) is 8.46. The Balaban J connectivity index is 1.21. The highest BCUT2D eigenvalue weighted by molar-refractivity contribution is 9.10. The molecule has 0 aliphatic carbocycles. The number of carbonyl (C=O) groups is 3. The zero-order chi connectivity index (χ0) is 31.0. The van der Waals surface area contributed by atoms with E-state index in [2.05, 4.69) is 15.9 Å². The summed E-state index contributed by atoms with van der Waals surface area (Å²) in [6, 6.07) is 20.9. The van der Waals surface area contributed by atoms with Gasteiger partial charge in [-0.05, 0) is 66.8 Å². The topological polar surface area (TPSA) is 101 Å². The van der Waals surface area contributed by atoms with Gasteiger partial charge in [0.05, 0.1) is 30.6 Å². The molecule has 228 valence electrons. The fourth-order valence-corrected chi connectivity index (χ4v) is 7.06. The van der Waals surface area contributed by atoms with Gasteiger partial charge >= 0.3 is 0 Å². The second-order valence-electron chi connectivity index (χ2n) is 11.8. The van der Waals surface area contributed by atoms with Crippen LogP contribution in [0.2, 0.25) is 0 Å². The summed E-state index contributed by atoms with van der Waals surface area (Å²) < 4.78 is 0.746. The Morgan fingerprint density at radius 2 is 1.84 bits per heavy atom. The number of hydrogen-bond acceptors (Lipinski definition) is 5. The predicted molar refractivity (Wildman–Crippen MR) is 172 cm³/mol. The normalized spacial score (nSPS) is 22.1. The minimum atomic E-state index is -1.82. The van der Waals surface area contributed by atoms with Crippen LogP contribution in [0.25, 0.3) is 0 Å². The van der Waals surface area contributed by atoms with E-state index in [0.717, 1.165) is 46.2 Å². The van der Waals surface area contributed by atoms with E-state index in [1.165, 1.54) is 0 Å². The van der Waals surface area contributed by atoms with Crippen molar-refractivity contribution in [2.45, 2.75) is 57.2 Å². The Hall–Kier alpha value is -3.79. The van der Waals surface area contributed by atoms with E-state index >= 15 is 0 Å². The maximum atomic E-state index is 14.0. The van der Waals surface area contributed by atoms with Gasteiger partial charge in [0.2, 0.25) is 11.8 Å². The summed E-state index contributed by atoms with van der Waals surface area (Å²) in [4.78, 5) is 44.7. The van der Waals surface area contributed by atoms with Gasteiger partial charge in [0.1, 0.15) is 0 Å². The molecule has 8 nitrogen and oxygen atoms in total. The number of aliphatic hydroxyl groups is 2. The SMILES string of the molecule is C[C@@H](/C=C/CC(=O)N1CCC[C@H]1CO)[C@]1(O)C(=O)N(Cc2ccc(N3C(=O)CCc4ccccc43)cc2)c2ccc(Br)cc21. The Bertz CT molecular complexity index is 1620. The van der Waals surface area contributed by atoms with E-state index in [4.69, 9.17) is 0 Å². The Morgan fingerprint density at radius 1 is 1.07 bits per heavy atom. The molecule has 2 N–H and O–H groups in total. The molecule has 0 bridgehead atoms. The number of aryl methyl sites for hydroxylation is 1. The highest BCUT2D eigenvalue weighted by Crippen LogP contribution is 2.47. The molecule has 1 fully saturated rings. The molecule has 0 spiro atoms. The van der Waals surface area contributed by atoms with Crippen LogP contribution in [0.15, 0.2) is 83.4 Å². The van der Waals surface area contributed by atoms with Gasteiger partial charge in [-0.3, -0.25) is 19.3 Å². The maximum Gasteiger partial charge on any atom is 0.264 e. The number of anilines is 3. The van der Waals surface area contributed by atoms with Gasteiger partial charge in [-0.15, -0.1) is 0 Å². The number of benzene rings is 3. The summed E-state index contributed by atoms with van der Waals surface area (Å²) in [6.45, 7) is 2.61. The van der Waals surface area contributed by atoms with Crippen molar-refractivity contribution in [1.29, 1.82) is 0 Å². The van der Waals surface area contributed by atoms with Crippen molar-refractivity contribution >= 4 is 50.7 Å². The molecule has 9 heteroatoms. The molecule has 3 atom stereocenters. The van der Waals surface area contributed by atoms with Crippen LogP contribution in [0.1, 0.15) is 49.3 Å². The highest BCUT2D eigenvalue weighted by Gasteiger charge is 2.52. The number of amides is 3. The predicted octanol–water partition coefficient (Wildman–Crippen LogP) is 5.36. The van der Waals surface area contributed by atoms with Crippen LogP contribution in [0, 0.1) is 5.92 Å². The Morgan fingerprint density at radius 3 is 2.61 bits per heavy atom. The minimum Gasteiger partial charge on any atom is -0.394 e. The molecule has 0 radical (unpaired) electrons. The van der Waals surface area contributed by atoms with Crippen molar-refractivity contribution in [1.82, 2.24) is 4.90 Å². The molecule has 3 aliphatic heterocycles. The molecule has 3 aliphatic rings. The van der Waals surface area contributed by atoms with Crippen LogP contribution >= 0.6 is 15.9 Å². The second-order valence-corrected chi connectivity index (χ2v) is 12.7. The molecule has 0 unspecified atom stereocenters. The molecule has 0 aromatic heterocycles. The molecule has 6 rings (SSSR count). The van der Waals surface area contributed by atoms with Gasteiger partial charge in [-0.2, -0.15) is 0 Å². The van der Waals surface area contributed by atoms with Crippen LogP contribution in [-0.4, -0.2) is 52.0 Å². The summed E-state index contributed by atoms with van der Waals surface area (Å²) in [5, 5.41) is 21.6. The molecule has 3 aromatic rings. The summed E-state index contributed by atoms with van der Waals surface area (Å²) in [7, 11) is 0. The minimum absolute atomic E-state index is 0.0470. The lowest BCUT2D eigenvalue weighted by atomic mass is 9.83. The van der Waals surface area contributed by atoms with Gasteiger partial charge in [0, 0.05) is 41.0 Å². The average Bonchev–Trinajstić information content (AvgIpc) is 3.59. The van der Waals surface area contributed by atoms with Crippen molar-refractivity contribution in [2.24, 2.45) is 5.92 Å². The largest absolute Gasteiger partial charge is 0.394 e. The third kappa shape index (κ3) is 5.38. The van der Waals surface area contributed by atoms with Crippen LogP contribution in [-0.2, 0) is 33.0 Å². The van der Waals surface area contributed by atoms with Crippen molar-refractivity contribution in [3.8, 4) is 0 Å². The van der Waals surface area contributed by atoms with Crippen molar-refractivity contribution in [3.05, 3.63) is 100 Å². The number of carbonyl (C=O) groups excluding carboxylic acids is 3. The number of halogens is 1. The zero-order valence-corrected chi connectivity index (χ0v) is 26.2. The van der Waals surface area contributed by atoms with Gasteiger partial charge in [-0.1, -0.05) is 65.3 Å². The molecule has 3 aromatic carbocycles. The number of hydrogen-bond donors (Lipinski definition) is 2. The first-order chi connectivity index (χ1) is 21.2. The monoisotopic (exact) mass is 657 g/mol. The number of rotatable bonds is 8. The Labute approximate surface area is 265 Å². The summed E-state index contributed by atoms with van der Waals surface area (Å²) in [6.07, 6.45) is 6.43. The number of aliphatic hydroxyl groups excluding tert-OH is 1. The van der Waals surface area contributed by atoms with E-state index in [9.17, 15) is 24.6 Å². The summed E-state index contributed by atoms with van der Waals surface area (Å²) in [5.74, 6) is -1.07. The molecule has 3 heterocycles. The molecule has 44 heavy (non-hydrogen) atoms. The second kappa shape index (κ2) is 12.3. The van der Waals surface area contributed by atoms with Crippen molar-refractivity contribution in [2.75, 3.05) is 23.0 Å². The van der Waals surface area contributed by atoms with Crippen molar-refractivity contribution < 1.29 is 24.6 Å². The van der Waals surface area contributed by atoms with E-state index in [-0.39, 0.29) is 37.4 Å². The van der Waals surface area contributed by atoms with Crippen molar-refractivity contribution in [3.63, 3.8) is 0 Å². The fraction of sp³-hybridized carbons (Fsp3) is 0.343. The average molecular weight is 659 g/mol. The number of fused-ring (bicyclic) bond motifs is 2. The van der Waals surface area contributed by atoms with Crippen LogP contribution in [0.5, 0.6) is 0 Å². The summed E-state index contributed by atoms with van der Waals surface area (Å²) in [5.41, 5.74) is 2.98. The third-order valence-corrected chi connectivity index (χ3v) is 9.63. The zero-order valence-electron chi connectivity index (χ0n) is 24.7. The lowest BCUT2D eigenvalue weighted by Crippen LogP contribution is -2.44. The van der Waals surface area contributed by atoms with Gasteiger partial charge in [0.25, 0.3) is 5.91 Å². The van der Waals surface area contributed by atoms with Gasteiger partial charge in [0.15, 0.2) is 5.60 Å². The fourth-order valence-electron chi connectivity index (χ4n) is 6.70. The first-order valence-corrected chi connectivity index (χ1v) is 15.9. The van der Waals surface area contributed by atoms with E-state index < -0.39 is 17.4 Å². The molecule has 0 saturated carbocycles. The summed E-state index contributed by atoms with van der Waals surface area (Å²) >= 11 is 3.49. The lowest BCUT2D eigenvalue weighted by Gasteiger charge is -2.30. The number of nitrogens with zero attached hydrogens (tertiary/aromatic N) is 3.